The van der Waals surface area contributed by atoms with Gasteiger partial charge in [0.2, 0.25) is 0 Å². The number of aromatic nitrogens is 1. The first kappa shape index (κ1) is 13.5. The summed E-state index contributed by atoms with van der Waals surface area (Å²) in [6.45, 7) is 5.80. The minimum Gasteiger partial charge on any atom is -0.324 e. The van der Waals surface area contributed by atoms with Crippen LogP contribution in [0.3, 0.4) is 0 Å². The van der Waals surface area contributed by atoms with Crippen LogP contribution < -0.4 is 16.6 Å². The third-order valence-electron chi connectivity index (χ3n) is 2.89. The van der Waals surface area contributed by atoms with Gasteiger partial charge in [0, 0.05) is 10.4 Å². The highest BCUT2D eigenvalue weighted by atomic mass is 32.1. The van der Waals surface area contributed by atoms with Crippen molar-refractivity contribution in [3.63, 3.8) is 0 Å². The van der Waals surface area contributed by atoms with Gasteiger partial charge in [0.1, 0.15) is 0 Å². The van der Waals surface area contributed by atoms with E-state index in [0.717, 1.165) is 21.8 Å². The molecule has 0 unspecified atom stereocenters. The number of nitrogens with one attached hydrogen (secondary N) is 2. The summed E-state index contributed by atoms with van der Waals surface area (Å²) >= 11 is 1.47. The van der Waals surface area contributed by atoms with Crippen molar-refractivity contribution in [2.75, 3.05) is 10.7 Å². The highest BCUT2D eigenvalue weighted by Gasteiger charge is 2.11. The number of nitrogens with zero attached hydrogens (tertiary/aromatic N) is 1. The number of hydrazine groups is 1. The second kappa shape index (κ2) is 5.38. The molecule has 6 heteroatoms. The Morgan fingerprint density at radius 2 is 2.05 bits per heavy atom. The SMILES string of the molecule is Cc1cc(C(=O)Nc2nc(C)c(C)s2)ccc1NN. The molecule has 1 heterocycles. The normalized spacial score (nSPS) is 10.3. The Kier molecular flexibility index (Phi) is 3.82. The Morgan fingerprint density at radius 3 is 2.58 bits per heavy atom. The summed E-state index contributed by atoms with van der Waals surface area (Å²) in [5, 5.41) is 3.43. The Bertz CT molecular complexity index is 602. The van der Waals surface area contributed by atoms with E-state index < -0.39 is 0 Å². The number of hydrogen-bond donors (Lipinski definition) is 3. The molecular formula is C13H16N4OS. The van der Waals surface area contributed by atoms with Crippen LogP contribution in [0.5, 0.6) is 0 Å². The molecule has 1 amide bonds. The lowest BCUT2D eigenvalue weighted by Gasteiger charge is -2.07. The number of thiazole rings is 1. The monoisotopic (exact) mass is 276 g/mol. The van der Waals surface area contributed by atoms with E-state index in [4.69, 9.17) is 5.84 Å². The molecule has 0 aliphatic heterocycles. The third-order valence-corrected chi connectivity index (χ3v) is 3.88. The van der Waals surface area contributed by atoms with Crippen LogP contribution in [-0.2, 0) is 0 Å². The zero-order valence-electron chi connectivity index (χ0n) is 11.1. The molecule has 2 rings (SSSR count). The van der Waals surface area contributed by atoms with Gasteiger partial charge >= 0.3 is 0 Å². The van der Waals surface area contributed by atoms with Gasteiger partial charge in [-0.1, -0.05) is 0 Å². The average Bonchev–Trinajstić information content (AvgIpc) is 2.68. The first-order valence-electron chi connectivity index (χ1n) is 5.84. The molecule has 0 spiro atoms. The molecule has 4 N–H and O–H groups in total. The number of anilines is 2. The van der Waals surface area contributed by atoms with Gasteiger partial charge in [-0.15, -0.1) is 11.3 Å². The van der Waals surface area contributed by atoms with Gasteiger partial charge < -0.3 is 5.43 Å². The maximum atomic E-state index is 12.1. The van der Waals surface area contributed by atoms with E-state index in [9.17, 15) is 4.79 Å². The van der Waals surface area contributed by atoms with Crippen LogP contribution in [0.4, 0.5) is 10.8 Å². The van der Waals surface area contributed by atoms with Crippen LogP contribution in [0.15, 0.2) is 18.2 Å². The van der Waals surface area contributed by atoms with Crippen molar-refractivity contribution in [3.05, 3.63) is 39.9 Å². The number of nitrogen functional groups attached to an aromatic ring is 1. The molecule has 0 aliphatic rings. The Labute approximate surface area is 115 Å². The van der Waals surface area contributed by atoms with Crippen LogP contribution in [0, 0.1) is 20.8 Å². The molecule has 0 saturated heterocycles. The van der Waals surface area contributed by atoms with E-state index >= 15 is 0 Å². The van der Waals surface area contributed by atoms with Crippen molar-refractivity contribution in [1.82, 2.24) is 4.98 Å². The number of benzene rings is 1. The van der Waals surface area contributed by atoms with E-state index in [-0.39, 0.29) is 5.91 Å². The fraction of sp³-hybridized carbons (Fsp3) is 0.231. The van der Waals surface area contributed by atoms with Crippen molar-refractivity contribution in [2.45, 2.75) is 20.8 Å². The number of carbonyl (C=O) groups excluding carboxylic acids is 1. The van der Waals surface area contributed by atoms with Gasteiger partial charge in [-0.3, -0.25) is 16.0 Å². The first-order chi connectivity index (χ1) is 9.01. The minimum absolute atomic E-state index is 0.166. The number of carbonyl (C=O) groups is 1. The van der Waals surface area contributed by atoms with E-state index in [1.54, 1.807) is 18.2 Å². The molecule has 2 aromatic rings. The molecule has 0 fully saturated rings. The van der Waals surface area contributed by atoms with Crippen molar-refractivity contribution in [3.8, 4) is 0 Å². The van der Waals surface area contributed by atoms with Crippen LogP contribution >= 0.6 is 11.3 Å². The molecule has 0 bridgehead atoms. The van der Waals surface area contributed by atoms with Crippen LogP contribution in [0.25, 0.3) is 0 Å². The molecule has 0 saturated carbocycles. The van der Waals surface area contributed by atoms with Crippen molar-refractivity contribution < 1.29 is 4.79 Å². The number of hydrogen-bond acceptors (Lipinski definition) is 5. The third kappa shape index (κ3) is 2.91. The van der Waals surface area contributed by atoms with E-state index in [2.05, 4.69) is 15.7 Å². The summed E-state index contributed by atoms with van der Waals surface area (Å²) < 4.78 is 0. The molecule has 0 radical (unpaired) electrons. The highest BCUT2D eigenvalue weighted by molar-refractivity contribution is 7.15. The summed E-state index contributed by atoms with van der Waals surface area (Å²) in [4.78, 5) is 17.5. The van der Waals surface area contributed by atoms with Gasteiger partial charge in [-0.05, 0) is 44.5 Å². The maximum absolute atomic E-state index is 12.1. The maximum Gasteiger partial charge on any atom is 0.257 e. The molecule has 5 nitrogen and oxygen atoms in total. The molecular weight excluding hydrogens is 260 g/mol. The van der Waals surface area contributed by atoms with Crippen molar-refractivity contribution in [2.24, 2.45) is 5.84 Å². The van der Waals surface area contributed by atoms with Crippen LogP contribution in [-0.4, -0.2) is 10.9 Å². The number of aryl methyl sites for hydroxylation is 3. The zero-order chi connectivity index (χ0) is 14.0. The molecule has 0 atom stereocenters. The lowest BCUT2D eigenvalue weighted by Crippen LogP contribution is -2.13. The Morgan fingerprint density at radius 1 is 1.32 bits per heavy atom. The van der Waals surface area contributed by atoms with Gasteiger partial charge in [0.15, 0.2) is 5.13 Å². The second-order valence-corrected chi connectivity index (χ2v) is 5.49. The topological polar surface area (TPSA) is 80.0 Å². The largest absolute Gasteiger partial charge is 0.324 e. The summed E-state index contributed by atoms with van der Waals surface area (Å²) in [5.74, 6) is 5.19. The van der Waals surface area contributed by atoms with Crippen LogP contribution in [0.2, 0.25) is 0 Å². The molecule has 19 heavy (non-hydrogen) atoms. The van der Waals surface area contributed by atoms with E-state index in [1.165, 1.54) is 11.3 Å². The lowest BCUT2D eigenvalue weighted by atomic mass is 10.1. The number of amides is 1. The van der Waals surface area contributed by atoms with Crippen molar-refractivity contribution >= 4 is 28.1 Å². The second-order valence-electron chi connectivity index (χ2n) is 4.29. The zero-order valence-corrected chi connectivity index (χ0v) is 11.9. The highest BCUT2D eigenvalue weighted by Crippen LogP contribution is 2.22. The fourth-order valence-electron chi connectivity index (χ4n) is 1.66. The fourth-order valence-corrected chi connectivity index (χ4v) is 2.47. The van der Waals surface area contributed by atoms with Crippen LogP contribution in [0.1, 0.15) is 26.5 Å². The van der Waals surface area contributed by atoms with Gasteiger partial charge in [0.05, 0.1) is 11.4 Å². The summed E-state index contributed by atoms with van der Waals surface area (Å²) in [5.41, 5.74) is 5.83. The first-order valence-corrected chi connectivity index (χ1v) is 6.65. The average molecular weight is 276 g/mol. The Hall–Kier alpha value is -1.92. The van der Waals surface area contributed by atoms with Gasteiger partial charge in [0.25, 0.3) is 5.91 Å². The predicted octanol–water partition coefficient (Wildman–Crippen LogP) is 2.61. The molecule has 100 valence electrons. The summed E-state index contributed by atoms with van der Waals surface area (Å²) in [6, 6.07) is 5.30. The smallest absolute Gasteiger partial charge is 0.257 e. The predicted molar refractivity (Wildman–Crippen MR) is 78.5 cm³/mol. The van der Waals surface area contributed by atoms with Crippen molar-refractivity contribution in [1.29, 1.82) is 0 Å². The summed E-state index contributed by atoms with van der Waals surface area (Å²) in [7, 11) is 0. The standard InChI is InChI=1S/C13H16N4OS/c1-7-6-10(4-5-11(7)17-14)12(18)16-13-15-8(2)9(3)19-13/h4-6,17H,14H2,1-3H3,(H,15,16,18). The molecule has 0 aliphatic carbocycles. The summed E-state index contributed by atoms with van der Waals surface area (Å²) in [6.07, 6.45) is 0. The van der Waals surface area contributed by atoms with Gasteiger partial charge in [-0.25, -0.2) is 4.98 Å². The van der Waals surface area contributed by atoms with Gasteiger partial charge in [-0.2, -0.15) is 0 Å². The number of nitrogens with two attached hydrogens (primary N) is 1. The molecule has 1 aromatic heterocycles. The van der Waals surface area contributed by atoms with E-state index in [1.807, 2.05) is 20.8 Å². The minimum atomic E-state index is -0.166. The number of rotatable bonds is 3. The lowest BCUT2D eigenvalue weighted by molar-refractivity contribution is 0.102. The quantitative estimate of drug-likeness (QED) is 0.594. The molecule has 1 aromatic carbocycles. The Balaban J connectivity index is 2.18. The van der Waals surface area contributed by atoms with E-state index in [0.29, 0.717) is 10.7 Å².